The van der Waals surface area contributed by atoms with Gasteiger partial charge in [-0.15, -0.1) is 6.58 Å². The molecule has 1 fully saturated rings. The summed E-state index contributed by atoms with van der Waals surface area (Å²) in [5.74, 6) is 0.114. The number of carbonyl (C=O) groups is 1. The van der Waals surface area contributed by atoms with E-state index in [0.29, 0.717) is 50.4 Å². The third-order valence-electron chi connectivity index (χ3n) is 4.00. The molecule has 1 amide bonds. The number of primary amides is 1. The van der Waals surface area contributed by atoms with E-state index >= 15 is 0 Å². The maximum Gasteiger partial charge on any atom is 0.345 e. The van der Waals surface area contributed by atoms with Crippen molar-refractivity contribution in [3.8, 4) is 0 Å². The summed E-state index contributed by atoms with van der Waals surface area (Å²) in [5, 5.41) is 6.21. The van der Waals surface area contributed by atoms with Crippen molar-refractivity contribution in [3.05, 3.63) is 24.4 Å². The minimum absolute atomic E-state index is 0.0676. The Kier molecular flexibility index (Phi) is 7.05. The molecule has 0 saturated heterocycles. The molecule has 0 atom stereocenters. The highest BCUT2D eigenvalue weighted by molar-refractivity contribution is 5.97. The molecule has 25 heavy (non-hydrogen) atoms. The second-order valence-electron chi connectivity index (χ2n) is 5.84. The van der Waals surface area contributed by atoms with E-state index in [2.05, 4.69) is 31.9 Å². The lowest BCUT2D eigenvalue weighted by Crippen LogP contribution is -2.31. The van der Waals surface area contributed by atoms with Gasteiger partial charge >= 0.3 is 6.61 Å². The summed E-state index contributed by atoms with van der Waals surface area (Å²) >= 11 is 0. The van der Waals surface area contributed by atoms with Crippen molar-refractivity contribution in [2.75, 3.05) is 17.2 Å². The molecule has 1 aliphatic rings. The summed E-state index contributed by atoms with van der Waals surface area (Å²) < 4.78 is 29.0. The van der Waals surface area contributed by atoms with Crippen LogP contribution in [0.15, 0.2) is 18.9 Å². The molecule has 0 radical (unpaired) electrons. The number of anilines is 2. The van der Waals surface area contributed by atoms with E-state index in [9.17, 15) is 13.6 Å². The van der Waals surface area contributed by atoms with Crippen LogP contribution < -0.4 is 16.4 Å². The summed E-state index contributed by atoms with van der Waals surface area (Å²) in [6.07, 6.45) is 5.87. The van der Waals surface area contributed by atoms with Crippen LogP contribution >= 0.6 is 0 Å². The molecule has 7 nitrogen and oxygen atoms in total. The highest BCUT2D eigenvalue weighted by Crippen LogP contribution is 2.25. The Morgan fingerprint density at radius 3 is 2.76 bits per heavy atom. The Labute approximate surface area is 145 Å². The Morgan fingerprint density at radius 1 is 1.44 bits per heavy atom. The van der Waals surface area contributed by atoms with Crippen LogP contribution in [0.3, 0.4) is 0 Å². The second kappa shape index (κ2) is 9.26. The van der Waals surface area contributed by atoms with Gasteiger partial charge in [0.2, 0.25) is 5.95 Å². The molecule has 1 aliphatic carbocycles. The number of rotatable bonds is 9. The number of hydrogen-bond donors (Lipinski definition) is 3. The number of amides is 1. The van der Waals surface area contributed by atoms with E-state index in [1.165, 1.54) is 6.20 Å². The summed E-state index contributed by atoms with van der Waals surface area (Å²) in [6, 6.07) is 0.0676. The van der Waals surface area contributed by atoms with Gasteiger partial charge in [-0.05, 0) is 32.1 Å². The molecule has 2 rings (SSSR count). The molecule has 0 spiro atoms. The zero-order valence-electron chi connectivity index (χ0n) is 13.9. The van der Waals surface area contributed by atoms with Crippen LogP contribution in [0.1, 0.15) is 42.5 Å². The van der Waals surface area contributed by atoms with Gasteiger partial charge in [0.25, 0.3) is 5.91 Å². The number of hydrogen-bond acceptors (Lipinski definition) is 6. The fourth-order valence-corrected chi connectivity index (χ4v) is 2.73. The molecule has 1 saturated carbocycles. The molecule has 0 bridgehead atoms. The van der Waals surface area contributed by atoms with Crippen LogP contribution in [0.2, 0.25) is 0 Å². The third kappa shape index (κ3) is 5.93. The number of nitrogens with one attached hydrogen (secondary N) is 2. The monoisotopic (exact) mass is 355 g/mol. The first-order valence-electron chi connectivity index (χ1n) is 8.21. The van der Waals surface area contributed by atoms with E-state index in [1.54, 1.807) is 6.08 Å². The quantitative estimate of drug-likeness (QED) is 0.465. The van der Waals surface area contributed by atoms with Crippen molar-refractivity contribution < 1.29 is 18.3 Å². The topological polar surface area (TPSA) is 102 Å². The normalized spacial score (nSPS) is 20.3. The van der Waals surface area contributed by atoms with E-state index in [4.69, 9.17) is 5.73 Å². The van der Waals surface area contributed by atoms with Crippen LogP contribution in [-0.2, 0) is 4.74 Å². The summed E-state index contributed by atoms with van der Waals surface area (Å²) in [4.78, 5) is 19.9. The minimum atomic E-state index is -2.73. The fraction of sp³-hybridized carbons (Fsp3) is 0.562. The minimum Gasteiger partial charge on any atom is -0.369 e. The van der Waals surface area contributed by atoms with E-state index in [0.717, 1.165) is 0 Å². The van der Waals surface area contributed by atoms with E-state index < -0.39 is 18.6 Å². The van der Waals surface area contributed by atoms with Gasteiger partial charge < -0.3 is 21.1 Å². The Hall–Kier alpha value is -2.29. The lowest BCUT2D eigenvalue weighted by Gasteiger charge is -2.28. The zero-order chi connectivity index (χ0) is 18.2. The molecule has 138 valence electrons. The van der Waals surface area contributed by atoms with Gasteiger partial charge in [0.1, 0.15) is 5.82 Å². The molecule has 0 aromatic carbocycles. The molecular weight excluding hydrogens is 332 g/mol. The number of nitrogens with zero attached hydrogens (tertiary/aromatic N) is 2. The summed E-state index contributed by atoms with van der Waals surface area (Å²) in [7, 11) is 0. The van der Waals surface area contributed by atoms with Gasteiger partial charge in [0.05, 0.1) is 11.7 Å². The van der Waals surface area contributed by atoms with Crippen molar-refractivity contribution in [1.29, 1.82) is 0 Å². The van der Waals surface area contributed by atoms with Gasteiger partial charge in [-0.1, -0.05) is 6.08 Å². The highest BCUT2D eigenvalue weighted by Gasteiger charge is 2.24. The predicted molar refractivity (Wildman–Crippen MR) is 90.6 cm³/mol. The predicted octanol–water partition coefficient (Wildman–Crippen LogP) is 2.53. The smallest absolute Gasteiger partial charge is 0.345 e. The van der Waals surface area contributed by atoms with E-state index in [-0.39, 0.29) is 11.6 Å². The number of nitrogens with two attached hydrogens (primary N) is 1. The molecule has 0 aliphatic heterocycles. The van der Waals surface area contributed by atoms with Gasteiger partial charge in [0, 0.05) is 18.8 Å². The SMILES string of the molecule is C=CCCNc1nc(N[C@H]2CC[C@H](OC(F)F)CC2)ncc1C(N)=O. The lowest BCUT2D eigenvalue weighted by atomic mass is 9.93. The number of ether oxygens (including phenoxy) is 1. The lowest BCUT2D eigenvalue weighted by molar-refractivity contribution is -0.169. The van der Waals surface area contributed by atoms with Crippen LogP contribution in [0.25, 0.3) is 0 Å². The fourth-order valence-electron chi connectivity index (χ4n) is 2.73. The first-order valence-corrected chi connectivity index (χ1v) is 8.21. The van der Waals surface area contributed by atoms with Crippen molar-refractivity contribution in [1.82, 2.24) is 9.97 Å². The molecule has 9 heteroatoms. The number of aromatic nitrogens is 2. The van der Waals surface area contributed by atoms with Crippen molar-refractivity contribution in [2.24, 2.45) is 5.73 Å². The summed E-state index contributed by atoms with van der Waals surface area (Å²) in [5.41, 5.74) is 5.55. The number of halogens is 2. The molecule has 4 N–H and O–H groups in total. The second-order valence-corrected chi connectivity index (χ2v) is 5.84. The molecule has 1 heterocycles. The van der Waals surface area contributed by atoms with Gasteiger partial charge in [-0.3, -0.25) is 4.79 Å². The summed E-state index contributed by atoms with van der Waals surface area (Å²) in [6.45, 7) is 1.47. The van der Waals surface area contributed by atoms with Gasteiger partial charge in [-0.2, -0.15) is 13.8 Å². The van der Waals surface area contributed by atoms with Crippen LogP contribution in [0, 0.1) is 0 Å². The average Bonchev–Trinajstić information content (AvgIpc) is 2.56. The van der Waals surface area contributed by atoms with Gasteiger partial charge in [0.15, 0.2) is 0 Å². The molecule has 1 aromatic rings. The number of alkyl halides is 2. The van der Waals surface area contributed by atoms with Crippen LogP contribution in [0.4, 0.5) is 20.5 Å². The maximum atomic E-state index is 12.2. The van der Waals surface area contributed by atoms with Crippen LogP contribution in [0.5, 0.6) is 0 Å². The Bertz CT molecular complexity index is 592. The average molecular weight is 355 g/mol. The molecular formula is C16H23F2N5O2. The maximum absolute atomic E-state index is 12.2. The van der Waals surface area contributed by atoms with Crippen molar-refractivity contribution >= 4 is 17.7 Å². The molecule has 1 aromatic heterocycles. The third-order valence-corrected chi connectivity index (χ3v) is 4.00. The first kappa shape index (κ1) is 19.0. The largest absolute Gasteiger partial charge is 0.369 e. The van der Waals surface area contributed by atoms with E-state index in [1.807, 2.05) is 0 Å². The Balaban J connectivity index is 1.96. The van der Waals surface area contributed by atoms with Crippen molar-refractivity contribution in [2.45, 2.75) is 50.9 Å². The zero-order valence-corrected chi connectivity index (χ0v) is 13.9. The first-order chi connectivity index (χ1) is 12.0. The number of carbonyl (C=O) groups excluding carboxylic acids is 1. The van der Waals surface area contributed by atoms with Crippen LogP contribution in [-0.4, -0.2) is 41.2 Å². The molecule has 0 unspecified atom stereocenters. The van der Waals surface area contributed by atoms with Crippen molar-refractivity contribution in [3.63, 3.8) is 0 Å². The Morgan fingerprint density at radius 2 is 2.16 bits per heavy atom. The standard InChI is InChI=1S/C16H23F2N5O2/c1-2-3-8-20-14-12(13(19)24)9-21-16(23-14)22-10-4-6-11(7-5-10)25-15(17)18/h2,9-11,15H,1,3-8H2,(H2,19,24)(H2,20,21,22,23)/t10-,11-. The highest BCUT2D eigenvalue weighted by atomic mass is 19.3. The van der Waals surface area contributed by atoms with Gasteiger partial charge in [-0.25, -0.2) is 4.98 Å².